The summed E-state index contributed by atoms with van der Waals surface area (Å²) in [6, 6.07) is 0. The molecule has 17 heavy (non-hydrogen) atoms. The van der Waals surface area contributed by atoms with E-state index in [1.165, 1.54) is 12.5 Å². The van der Waals surface area contributed by atoms with E-state index in [0.717, 1.165) is 6.54 Å². The van der Waals surface area contributed by atoms with Crippen LogP contribution in [0.3, 0.4) is 0 Å². The molecule has 0 aromatic carbocycles. The zero-order valence-electron chi connectivity index (χ0n) is 10.5. The Hall–Kier alpha value is -1.49. The third kappa shape index (κ3) is 4.11. The SMILES string of the molecule is CC(C)C(C)CNCc1ncncc1C(=O)O. The van der Waals surface area contributed by atoms with E-state index >= 15 is 0 Å². The monoisotopic (exact) mass is 237 g/mol. The van der Waals surface area contributed by atoms with Gasteiger partial charge >= 0.3 is 5.97 Å². The Labute approximate surface area is 101 Å². The number of nitrogens with zero attached hydrogens (tertiary/aromatic N) is 2. The molecule has 94 valence electrons. The van der Waals surface area contributed by atoms with Crippen LogP contribution in [0.4, 0.5) is 0 Å². The van der Waals surface area contributed by atoms with Crippen LogP contribution in [0.5, 0.6) is 0 Å². The molecule has 1 aromatic rings. The second kappa shape index (κ2) is 6.30. The van der Waals surface area contributed by atoms with Crippen LogP contribution in [0.2, 0.25) is 0 Å². The summed E-state index contributed by atoms with van der Waals surface area (Å²) in [7, 11) is 0. The lowest BCUT2D eigenvalue weighted by Gasteiger charge is -2.16. The van der Waals surface area contributed by atoms with E-state index < -0.39 is 5.97 Å². The third-order valence-corrected chi connectivity index (χ3v) is 2.92. The number of nitrogens with one attached hydrogen (secondary N) is 1. The predicted octanol–water partition coefficient (Wildman–Crippen LogP) is 1.56. The molecule has 0 aliphatic rings. The van der Waals surface area contributed by atoms with Crippen LogP contribution in [0.25, 0.3) is 0 Å². The quantitative estimate of drug-likeness (QED) is 0.785. The summed E-state index contributed by atoms with van der Waals surface area (Å²) in [5.41, 5.74) is 0.695. The summed E-state index contributed by atoms with van der Waals surface area (Å²) in [6.45, 7) is 7.80. The molecule has 0 amide bonds. The summed E-state index contributed by atoms with van der Waals surface area (Å²) < 4.78 is 0. The van der Waals surface area contributed by atoms with Gasteiger partial charge in [0.05, 0.1) is 5.69 Å². The largest absolute Gasteiger partial charge is 0.478 e. The normalized spacial score (nSPS) is 12.7. The Bertz CT molecular complexity index is 380. The molecule has 1 atom stereocenters. The second-order valence-electron chi connectivity index (χ2n) is 4.54. The maximum absolute atomic E-state index is 10.9. The maximum atomic E-state index is 10.9. The van der Waals surface area contributed by atoms with Gasteiger partial charge in [-0.25, -0.2) is 14.8 Å². The molecule has 5 nitrogen and oxygen atoms in total. The van der Waals surface area contributed by atoms with E-state index in [9.17, 15) is 4.79 Å². The van der Waals surface area contributed by atoms with Crippen molar-refractivity contribution in [2.45, 2.75) is 27.3 Å². The molecule has 0 saturated heterocycles. The van der Waals surface area contributed by atoms with E-state index in [1.807, 2.05) is 0 Å². The van der Waals surface area contributed by atoms with Gasteiger partial charge in [0.1, 0.15) is 11.9 Å². The number of aromatic carboxylic acids is 1. The fourth-order valence-corrected chi connectivity index (χ4v) is 1.33. The summed E-state index contributed by atoms with van der Waals surface area (Å²) in [4.78, 5) is 18.6. The number of hydrogen-bond acceptors (Lipinski definition) is 4. The average molecular weight is 237 g/mol. The van der Waals surface area contributed by atoms with Gasteiger partial charge in [0.15, 0.2) is 0 Å². The van der Waals surface area contributed by atoms with Gasteiger partial charge in [-0.3, -0.25) is 0 Å². The first-order valence-corrected chi connectivity index (χ1v) is 5.75. The van der Waals surface area contributed by atoms with Gasteiger partial charge in [0.2, 0.25) is 0 Å². The van der Waals surface area contributed by atoms with Crippen molar-refractivity contribution in [2.75, 3.05) is 6.54 Å². The third-order valence-electron chi connectivity index (χ3n) is 2.92. The lowest BCUT2D eigenvalue weighted by molar-refractivity contribution is 0.0694. The number of aromatic nitrogens is 2. The Kier molecular flexibility index (Phi) is 5.03. The van der Waals surface area contributed by atoms with Crippen LogP contribution in [-0.2, 0) is 6.54 Å². The van der Waals surface area contributed by atoms with Crippen LogP contribution < -0.4 is 5.32 Å². The lowest BCUT2D eigenvalue weighted by Crippen LogP contribution is -2.25. The first kappa shape index (κ1) is 13.6. The molecule has 1 heterocycles. The molecule has 5 heteroatoms. The Morgan fingerprint density at radius 2 is 2.18 bits per heavy atom. The molecule has 0 aliphatic carbocycles. The Balaban J connectivity index is 2.55. The van der Waals surface area contributed by atoms with Gasteiger partial charge in [-0.15, -0.1) is 0 Å². The molecule has 2 N–H and O–H groups in total. The van der Waals surface area contributed by atoms with Crippen molar-refractivity contribution in [3.63, 3.8) is 0 Å². The van der Waals surface area contributed by atoms with Crippen LogP contribution in [-0.4, -0.2) is 27.6 Å². The highest BCUT2D eigenvalue weighted by Crippen LogP contribution is 2.08. The van der Waals surface area contributed by atoms with Gasteiger partial charge in [-0.05, 0) is 18.4 Å². The topological polar surface area (TPSA) is 75.1 Å². The molecular weight excluding hydrogens is 218 g/mol. The molecule has 0 saturated carbocycles. The average Bonchev–Trinajstić information content (AvgIpc) is 2.29. The fraction of sp³-hybridized carbons (Fsp3) is 0.583. The summed E-state index contributed by atoms with van der Waals surface area (Å²) in [5.74, 6) is 0.163. The van der Waals surface area contributed by atoms with Crippen molar-refractivity contribution in [1.82, 2.24) is 15.3 Å². The van der Waals surface area contributed by atoms with Gasteiger partial charge in [0.25, 0.3) is 0 Å². The van der Waals surface area contributed by atoms with Gasteiger partial charge < -0.3 is 10.4 Å². The van der Waals surface area contributed by atoms with Gasteiger partial charge in [-0.2, -0.15) is 0 Å². The first-order chi connectivity index (χ1) is 8.02. The minimum atomic E-state index is -0.987. The zero-order chi connectivity index (χ0) is 12.8. The van der Waals surface area contributed by atoms with Crippen LogP contribution in [0.15, 0.2) is 12.5 Å². The summed E-state index contributed by atoms with van der Waals surface area (Å²) in [6.07, 6.45) is 2.70. The van der Waals surface area contributed by atoms with Crippen LogP contribution in [0, 0.1) is 11.8 Å². The highest BCUT2D eigenvalue weighted by atomic mass is 16.4. The van der Waals surface area contributed by atoms with E-state index in [0.29, 0.717) is 24.1 Å². The standard InChI is InChI=1S/C12H19N3O2/c1-8(2)9(3)4-13-6-11-10(12(16)17)5-14-7-15-11/h5,7-9,13H,4,6H2,1-3H3,(H,16,17). The molecule has 1 unspecified atom stereocenters. The van der Waals surface area contributed by atoms with Crippen molar-refractivity contribution in [3.8, 4) is 0 Å². The van der Waals surface area contributed by atoms with Crippen molar-refractivity contribution in [2.24, 2.45) is 11.8 Å². The smallest absolute Gasteiger partial charge is 0.339 e. The predicted molar refractivity (Wildman–Crippen MR) is 64.7 cm³/mol. The number of hydrogen-bond donors (Lipinski definition) is 2. The molecule has 1 rings (SSSR count). The minimum Gasteiger partial charge on any atom is -0.478 e. The maximum Gasteiger partial charge on any atom is 0.339 e. The highest BCUT2D eigenvalue weighted by Gasteiger charge is 2.12. The van der Waals surface area contributed by atoms with E-state index in [2.05, 4.69) is 36.1 Å². The number of carboxylic acids is 1. The van der Waals surface area contributed by atoms with E-state index in [-0.39, 0.29) is 5.56 Å². The van der Waals surface area contributed by atoms with Crippen molar-refractivity contribution >= 4 is 5.97 Å². The van der Waals surface area contributed by atoms with Crippen molar-refractivity contribution in [3.05, 3.63) is 23.8 Å². The van der Waals surface area contributed by atoms with Gasteiger partial charge in [-0.1, -0.05) is 20.8 Å². The Morgan fingerprint density at radius 1 is 1.47 bits per heavy atom. The zero-order valence-corrected chi connectivity index (χ0v) is 10.5. The Morgan fingerprint density at radius 3 is 2.76 bits per heavy atom. The molecular formula is C12H19N3O2. The van der Waals surface area contributed by atoms with E-state index in [1.54, 1.807) is 0 Å². The minimum absolute atomic E-state index is 0.164. The number of carbonyl (C=O) groups is 1. The summed E-state index contributed by atoms with van der Waals surface area (Å²) >= 11 is 0. The molecule has 0 spiro atoms. The molecule has 1 aromatic heterocycles. The first-order valence-electron chi connectivity index (χ1n) is 5.75. The van der Waals surface area contributed by atoms with Crippen molar-refractivity contribution < 1.29 is 9.90 Å². The van der Waals surface area contributed by atoms with E-state index in [4.69, 9.17) is 5.11 Å². The molecule has 0 radical (unpaired) electrons. The van der Waals surface area contributed by atoms with Crippen LogP contribution in [0.1, 0.15) is 36.8 Å². The lowest BCUT2D eigenvalue weighted by atomic mass is 9.98. The van der Waals surface area contributed by atoms with Crippen LogP contribution >= 0.6 is 0 Å². The second-order valence-corrected chi connectivity index (χ2v) is 4.54. The fourth-order valence-electron chi connectivity index (χ4n) is 1.33. The number of carboxylic acid groups (broad SMARTS) is 1. The number of rotatable bonds is 6. The molecule has 0 bridgehead atoms. The van der Waals surface area contributed by atoms with Gasteiger partial charge in [0, 0.05) is 12.7 Å². The molecule has 0 fully saturated rings. The molecule has 0 aliphatic heterocycles. The van der Waals surface area contributed by atoms with Crippen molar-refractivity contribution in [1.29, 1.82) is 0 Å². The summed E-state index contributed by atoms with van der Waals surface area (Å²) in [5, 5.41) is 12.2. The highest BCUT2D eigenvalue weighted by molar-refractivity contribution is 5.88.